The van der Waals surface area contributed by atoms with Crippen LogP contribution in [0.1, 0.15) is 12.8 Å². The van der Waals surface area contributed by atoms with E-state index in [1.165, 1.54) is 0 Å². The zero-order valence-electron chi connectivity index (χ0n) is 10.1. The van der Waals surface area contributed by atoms with Crippen LogP contribution in [-0.2, 0) is 0 Å². The molecule has 1 heterocycles. The van der Waals surface area contributed by atoms with Crippen LogP contribution in [-0.4, -0.2) is 35.7 Å². The van der Waals surface area contributed by atoms with Gasteiger partial charge in [0.25, 0.3) is 0 Å². The number of urea groups is 1. The van der Waals surface area contributed by atoms with Crippen LogP contribution in [0.5, 0.6) is 0 Å². The number of halogens is 1. The minimum Gasteiger partial charge on any atom is -0.396 e. The third-order valence-electron chi connectivity index (χ3n) is 3.16. The van der Waals surface area contributed by atoms with E-state index in [9.17, 15) is 4.79 Å². The van der Waals surface area contributed by atoms with Crippen LogP contribution in [0.25, 0.3) is 0 Å². The molecule has 1 atom stereocenters. The van der Waals surface area contributed by atoms with Gasteiger partial charge in [0.1, 0.15) is 0 Å². The second kappa shape index (κ2) is 6.20. The molecule has 1 fully saturated rings. The molecule has 4 nitrogen and oxygen atoms in total. The second-order valence-corrected chi connectivity index (χ2v) is 5.49. The van der Waals surface area contributed by atoms with E-state index in [1.807, 2.05) is 24.3 Å². The highest BCUT2D eigenvalue weighted by Crippen LogP contribution is 2.18. The SMILES string of the molecule is O=C(Nc1ccc(Br)cc1)N1CCCC(CO)C1. The Balaban J connectivity index is 1.93. The van der Waals surface area contributed by atoms with E-state index in [-0.39, 0.29) is 18.6 Å². The number of nitrogens with one attached hydrogen (secondary N) is 1. The minimum absolute atomic E-state index is 0.0875. The fourth-order valence-corrected chi connectivity index (χ4v) is 2.40. The number of aliphatic hydroxyl groups excluding tert-OH is 1. The molecule has 18 heavy (non-hydrogen) atoms. The number of hydrogen-bond donors (Lipinski definition) is 2. The molecule has 5 heteroatoms. The lowest BCUT2D eigenvalue weighted by molar-refractivity contribution is 0.136. The van der Waals surface area contributed by atoms with Gasteiger partial charge in [-0.05, 0) is 43.0 Å². The maximum atomic E-state index is 12.0. The molecule has 0 spiro atoms. The number of carbonyl (C=O) groups is 1. The van der Waals surface area contributed by atoms with Crippen molar-refractivity contribution in [3.05, 3.63) is 28.7 Å². The fraction of sp³-hybridized carbons (Fsp3) is 0.462. The highest BCUT2D eigenvalue weighted by molar-refractivity contribution is 9.10. The number of hydrogen-bond acceptors (Lipinski definition) is 2. The van der Waals surface area contributed by atoms with E-state index < -0.39 is 0 Å². The van der Waals surface area contributed by atoms with Crippen LogP contribution < -0.4 is 5.32 Å². The number of piperidine rings is 1. The number of amides is 2. The van der Waals surface area contributed by atoms with Crippen molar-refractivity contribution in [2.75, 3.05) is 25.0 Å². The van der Waals surface area contributed by atoms with Crippen LogP contribution >= 0.6 is 15.9 Å². The average molecular weight is 313 g/mol. The number of carbonyl (C=O) groups excluding carboxylic acids is 1. The summed E-state index contributed by atoms with van der Waals surface area (Å²) in [6.07, 6.45) is 1.96. The number of anilines is 1. The Morgan fingerprint density at radius 2 is 2.17 bits per heavy atom. The van der Waals surface area contributed by atoms with E-state index in [4.69, 9.17) is 5.11 Å². The Bertz CT molecular complexity index is 408. The molecule has 0 aliphatic carbocycles. The quantitative estimate of drug-likeness (QED) is 0.882. The summed E-state index contributed by atoms with van der Waals surface area (Å²) < 4.78 is 0.985. The van der Waals surface area contributed by atoms with Gasteiger partial charge in [-0.25, -0.2) is 4.79 Å². The topological polar surface area (TPSA) is 52.6 Å². The standard InChI is InChI=1S/C13H17BrN2O2/c14-11-3-5-12(6-4-11)15-13(18)16-7-1-2-10(8-16)9-17/h3-6,10,17H,1-2,7-9H2,(H,15,18). The largest absolute Gasteiger partial charge is 0.396 e. The molecule has 2 rings (SSSR count). The molecule has 1 aliphatic rings. The lowest BCUT2D eigenvalue weighted by Crippen LogP contribution is -2.43. The summed E-state index contributed by atoms with van der Waals surface area (Å²) >= 11 is 3.35. The first-order chi connectivity index (χ1) is 8.69. The minimum atomic E-state index is -0.0875. The van der Waals surface area contributed by atoms with Crippen molar-refractivity contribution in [3.63, 3.8) is 0 Å². The highest BCUT2D eigenvalue weighted by Gasteiger charge is 2.22. The van der Waals surface area contributed by atoms with Gasteiger partial charge in [0.15, 0.2) is 0 Å². The maximum absolute atomic E-state index is 12.0. The lowest BCUT2D eigenvalue weighted by atomic mass is 9.99. The molecular formula is C13H17BrN2O2. The molecule has 1 saturated heterocycles. The van der Waals surface area contributed by atoms with Crippen molar-refractivity contribution >= 4 is 27.6 Å². The van der Waals surface area contributed by atoms with E-state index in [1.54, 1.807) is 4.90 Å². The molecule has 98 valence electrons. The van der Waals surface area contributed by atoms with E-state index in [0.29, 0.717) is 6.54 Å². The van der Waals surface area contributed by atoms with Crippen molar-refractivity contribution in [1.82, 2.24) is 4.90 Å². The lowest BCUT2D eigenvalue weighted by Gasteiger charge is -2.31. The molecule has 1 unspecified atom stereocenters. The Kier molecular flexibility index (Phi) is 4.60. The van der Waals surface area contributed by atoms with Crippen molar-refractivity contribution < 1.29 is 9.90 Å². The van der Waals surface area contributed by atoms with E-state index >= 15 is 0 Å². The van der Waals surface area contributed by atoms with E-state index in [0.717, 1.165) is 29.5 Å². The first kappa shape index (κ1) is 13.4. The number of benzene rings is 1. The van der Waals surface area contributed by atoms with Crippen molar-refractivity contribution in [3.8, 4) is 0 Å². The summed E-state index contributed by atoms with van der Waals surface area (Å²) in [6.45, 7) is 1.56. The van der Waals surface area contributed by atoms with Crippen molar-refractivity contribution in [2.45, 2.75) is 12.8 Å². The summed E-state index contributed by atoms with van der Waals surface area (Å²) in [5, 5.41) is 12.0. The summed E-state index contributed by atoms with van der Waals surface area (Å²) in [6, 6.07) is 7.41. The number of likely N-dealkylation sites (tertiary alicyclic amines) is 1. The maximum Gasteiger partial charge on any atom is 0.321 e. The summed E-state index contributed by atoms with van der Waals surface area (Å²) in [7, 11) is 0. The van der Waals surface area contributed by atoms with Gasteiger partial charge in [-0.15, -0.1) is 0 Å². The Morgan fingerprint density at radius 3 is 2.83 bits per heavy atom. The van der Waals surface area contributed by atoms with Gasteiger partial charge < -0.3 is 15.3 Å². The van der Waals surface area contributed by atoms with Crippen LogP contribution in [0.2, 0.25) is 0 Å². The molecule has 2 N–H and O–H groups in total. The number of rotatable bonds is 2. The van der Waals surface area contributed by atoms with Crippen molar-refractivity contribution in [2.24, 2.45) is 5.92 Å². The normalized spacial score (nSPS) is 19.7. The van der Waals surface area contributed by atoms with Gasteiger partial charge in [0.05, 0.1) is 0 Å². The highest BCUT2D eigenvalue weighted by atomic mass is 79.9. The third kappa shape index (κ3) is 3.46. The molecular weight excluding hydrogens is 296 g/mol. The molecule has 1 aromatic carbocycles. The Labute approximate surface area is 115 Å². The van der Waals surface area contributed by atoms with Crippen LogP contribution in [0.3, 0.4) is 0 Å². The zero-order valence-corrected chi connectivity index (χ0v) is 11.7. The average Bonchev–Trinajstić information content (AvgIpc) is 2.41. The van der Waals surface area contributed by atoms with Crippen LogP contribution in [0, 0.1) is 5.92 Å². The molecule has 0 bridgehead atoms. The van der Waals surface area contributed by atoms with Crippen molar-refractivity contribution in [1.29, 1.82) is 0 Å². The molecule has 2 amide bonds. The summed E-state index contributed by atoms with van der Waals surface area (Å²) in [5.41, 5.74) is 0.786. The smallest absolute Gasteiger partial charge is 0.321 e. The number of aliphatic hydroxyl groups is 1. The monoisotopic (exact) mass is 312 g/mol. The first-order valence-corrected chi connectivity index (χ1v) is 6.90. The fourth-order valence-electron chi connectivity index (χ4n) is 2.13. The molecule has 0 aromatic heterocycles. The van der Waals surface area contributed by atoms with Gasteiger partial charge in [0.2, 0.25) is 0 Å². The predicted octanol–water partition coefficient (Wildman–Crippen LogP) is 2.69. The predicted molar refractivity (Wildman–Crippen MR) is 74.5 cm³/mol. The molecule has 1 aromatic rings. The van der Waals surface area contributed by atoms with Gasteiger partial charge in [0, 0.05) is 29.9 Å². The summed E-state index contributed by atoms with van der Waals surface area (Å²) in [5.74, 6) is 0.217. The zero-order chi connectivity index (χ0) is 13.0. The van der Waals surface area contributed by atoms with Gasteiger partial charge in [-0.1, -0.05) is 15.9 Å². The first-order valence-electron chi connectivity index (χ1n) is 6.11. The Hall–Kier alpha value is -1.07. The molecule has 0 saturated carbocycles. The second-order valence-electron chi connectivity index (χ2n) is 4.57. The van der Waals surface area contributed by atoms with Gasteiger partial charge in [-0.2, -0.15) is 0 Å². The van der Waals surface area contributed by atoms with Gasteiger partial charge >= 0.3 is 6.03 Å². The van der Waals surface area contributed by atoms with Gasteiger partial charge in [-0.3, -0.25) is 0 Å². The summed E-state index contributed by atoms with van der Waals surface area (Å²) in [4.78, 5) is 13.8. The van der Waals surface area contributed by atoms with Crippen LogP contribution in [0.15, 0.2) is 28.7 Å². The van der Waals surface area contributed by atoms with Crippen LogP contribution in [0.4, 0.5) is 10.5 Å². The Morgan fingerprint density at radius 1 is 1.44 bits per heavy atom. The number of nitrogens with zero attached hydrogens (tertiary/aromatic N) is 1. The molecule has 0 radical (unpaired) electrons. The third-order valence-corrected chi connectivity index (χ3v) is 3.69. The molecule has 1 aliphatic heterocycles. The van der Waals surface area contributed by atoms with E-state index in [2.05, 4.69) is 21.2 Å².